The van der Waals surface area contributed by atoms with Gasteiger partial charge in [-0.3, -0.25) is 0 Å². The van der Waals surface area contributed by atoms with Gasteiger partial charge in [0.2, 0.25) is 0 Å². The number of rotatable bonds is 4. The zero-order valence-electron chi connectivity index (χ0n) is 11.5. The molecule has 3 rings (SSSR count). The molecule has 0 spiro atoms. The molecule has 0 saturated carbocycles. The zero-order valence-corrected chi connectivity index (χ0v) is 16.2. The van der Waals surface area contributed by atoms with Gasteiger partial charge in [-0.15, -0.1) is 5.10 Å². The van der Waals surface area contributed by atoms with Crippen LogP contribution in [0.4, 0.5) is 0 Å². The van der Waals surface area contributed by atoms with Crippen molar-refractivity contribution in [3.8, 4) is 5.69 Å². The first-order chi connectivity index (χ1) is 11.0. The van der Waals surface area contributed by atoms with E-state index in [0.717, 1.165) is 15.6 Å². The van der Waals surface area contributed by atoms with Crippen LogP contribution in [0.2, 0.25) is 15.1 Å². The largest absolute Gasteiger partial charge is 0.211 e. The normalized spacial score (nSPS) is 10.9. The number of nitrogens with zero attached hydrogens (tertiary/aromatic N) is 2. The summed E-state index contributed by atoms with van der Waals surface area (Å²) in [6, 6.07) is 12.9. The average Bonchev–Trinajstić information content (AvgIpc) is 2.88. The molecule has 2 aromatic carbocycles. The molecular formula is C15H9Cl3N2S3. The monoisotopic (exact) mass is 418 g/mol. The summed E-state index contributed by atoms with van der Waals surface area (Å²) in [7, 11) is 0. The van der Waals surface area contributed by atoms with Crippen molar-refractivity contribution in [2.75, 3.05) is 0 Å². The van der Waals surface area contributed by atoms with Crippen molar-refractivity contribution in [1.29, 1.82) is 0 Å². The lowest BCUT2D eigenvalue weighted by Gasteiger charge is -2.04. The van der Waals surface area contributed by atoms with Gasteiger partial charge in [0.1, 0.15) is 0 Å². The maximum absolute atomic E-state index is 6.19. The van der Waals surface area contributed by atoms with Crippen LogP contribution < -0.4 is 0 Å². The topological polar surface area (TPSA) is 17.8 Å². The van der Waals surface area contributed by atoms with Gasteiger partial charge < -0.3 is 0 Å². The summed E-state index contributed by atoms with van der Waals surface area (Å²) in [5.74, 6) is 0.640. The molecule has 3 aromatic rings. The standard InChI is InChI=1S/C15H9Cl3N2S3/c16-9-4-6-10(7-5-9)20-15(21)23-14(19-20)22-8-11-12(17)2-1-3-13(11)18/h1-7H,8H2. The molecule has 0 radical (unpaired) electrons. The quantitative estimate of drug-likeness (QED) is 0.338. The highest BCUT2D eigenvalue weighted by molar-refractivity contribution is 8.00. The Morgan fingerprint density at radius 3 is 2.35 bits per heavy atom. The summed E-state index contributed by atoms with van der Waals surface area (Å²) in [4.78, 5) is 0. The van der Waals surface area contributed by atoms with Gasteiger partial charge in [-0.2, -0.15) is 0 Å². The van der Waals surface area contributed by atoms with Crippen LogP contribution in [0.15, 0.2) is 46.8 Å². The molecule has 1 aromatic heterocycles. The van der Waals surface area contributed by atoms with Crippen molar-refractivity contribution >= 4 is 70.1 Å². The second kappa shape index (κ2) is 7.55. The van der Waals surface area contributed by atoms with Crippen molar-refractivity contribution < 1.29 is 0 Å². The van der Waals surface area contributed by atoms with Gasteiger partial charge in [0, 0.05) is 20.8 Å². The Labute approximate surface area is 162 Å². The van der Waals surface area contributed by atoms with E-state index in [1.165, 1.54) is 11.3 Å². The molecule has 0 unspecified atom stereocenters. The number of hydrogen-bond donors (Lipinski definition) is 0. The molecule has 0 amide bonds. The second-order valence-electron chi connectivity index (χ2n) is 4.51. The molecular weight excluding hydrogens is 411 g/mol. The molecule has 0 aliphatic rings. The lowest BCUT2D eigenvalue weighted by molar-refractivity contribution is 0.829. The maximum atomic E-state index is 6.19. The third-order valence-corrected chi connectivity index (χ3v) is 6.35. The Bertz CT molecular complexity index is 867. The summed E-state index contributed by atoms with van der Waals surface area (Å²) >= 11 is 26.7. The van der Waals surface area contributed by atoms with Crippen LogP contribution in [0.25, 0.3) is 5.69 Å². The molecule has 2 nitrogen and oxygen atoms in total. The van der Waals surface area contributed by atoms with Gasteiger partial charge in [0.25, 0.3) is 0 Å². The van der Waals surface area contributed by atoms with Crippen molar-refractivity contribution in [3.63, 3.8) is 0 Å². The fourth-order valence-corrected chi connectivity index (χ4v) is 5.10. The van der Waals surface area contributed by atoms with Crippen molar-refractivity contribution in [2.24, 2.45) is 0 Å². The van der Waals surface area contributed by atoms with Gasteiger partial charge in [-0.25, -0.2) is 4.68 Å². The van der Waals surface area contributed by atoms with Crippen LogP contribution in [0.1, 0.15) is 5.56 Å². The van der Waals surface area contributed by atoms with Crippen LogP contribution >= 0.6 is 70.1 Å². The average molecular weight is 420 g/mol. The van der Waals surface area contributed by atoms with Crippen LogP contribution in [0.5, 0.6) is 0 Å². The van der Waals surface area contributed by atoms with Crippen molar-refractivity contribution in [2.45, 2.75) is 10.1 Å². The van der Waals surface area contributed by atoms with Crippen LogP contribution in [-0.2, 0) is 5.75 Å². The second-order valence-corrected chi connectivity index (χ2v) is 8.61. The van der Waals surface area contributed by atoms with E-state index in [1.807, 2.05) is 42.5 Å². The highest BCUT2D eigenvalue weighted by Gasteiger charge is 2.10. The predicted octanol–water partition coefficient (Wildman–Crippen LogP) is 6.92. The number of halogens is 3. The highest BCUT2D eigenvalue weighted by atomic mass is 35.5. The molecule has 0 aliphatic heterocycles. The Balaban J connectivity index is 1.81. The molecule has 0 atom stereocenters. The molecule has 1 heterocycles. The van der Waals surface area contributed by atoms with Gasteiger partial charge in [-0.05, 0) is 54.2 Å². The highest BCUT2D eigenvalue weighted by Crippen LogP contribution is 2.33. The fourth-order valence-electron chi connectivity index (χ4n) is 1.87. The maximum Gasteiger partial charge on any atom is 0.184 e. The summed E-state index contributed by atoms with van der Waals surface area (Å²) in [5.41, 5.74) is 1.79. The third kappa shape index (κ3) is 4.10. The number of thioether (sulfide) groups is 1. The minimum Gasteiger partial charge on any atom is -0.211 e. The van der Waals surface area contributed by atoms with Gasteiger partial charge in [-0.1, -0.05) is 64.0 Å². The van der Waals surface area contributed by atoms with E-state index in [1.54, 1.807) is 16.4 Å². The number of hydrogen-bond acceptors (Lipinski definition) is 4. The Hall–Kier alpha value is -0.560. The van der Waals surface area contributed by atoms with E-state index < -0.39 is 0 Å². The predicted molar refractivity (Wildman–Crippen MR) is 103 cm³/mol. The third-order valence-electron chi connectivity index (χ3n) is 3.00. The van der Waals surface area contributed by atoms with Crippen LogP contribution in [-0.4, -0.2) is 9.78 Å². The molecule has 0 N–H and O–H groups in total. The van der Waals surface area contributed by atoms with E-state index in [9.17, 15) is 0 Å². The minimum atomic E-state index is 0.640. The summed E-state index contributed by atoms with van der Waals surface area (Å²) in [6.07, 6.45) is 0. The molecule has 0 aliphatic carbocycles. The fraction of sp³-hybridized carbons (Fsp3) is 0.0667. The first-order valence-electron chi connectivity index (χ1n) is 6.46. The molecule has 23 heavy (non-hydrogen) atoms. The minimum absolute atomic E-state index is 0.640. The molecule has 0 bridgehead atoms. The first kappa shape index (κ1) is 17.3. The molecule has 0 fully saturated rings. The van der Waals surface area contributed by atoms with E-state index in [2.05, 4.69) is 5.10 Å². The van der Waals surface area contributed by atoms with Crippen LogP contribution in [0.3, 0.4) is 0 Å². The van der Waals surface area contributed by atoms with E-state index >= 15 is 0 Å². The molecule has 118 valence electrons. The summed E-state index contributed by atoms with van der Waals surface area (Å²) < 4.78 is 3.27. The van der Waals surface area contributed by atoms with E-state index in [4.69, 9.17) is 47.0 Å². The number of aromatic nitrogens is 2. The van der Waals surface area contributed by atoms with Gasteiger partial charge >= 0.3 is 0 Å². The molecule has 0 saturated heterocycles. The summed E-state index contributed by atoms with van der Waals surface area (Å²) in [5, 5.41) is 6.54. The summed E-state index contributed by atoms with van der Waals surface area (Å²) in [6.45, 7) is 0. The van der Waals surface area contributed by atoms with Crippen LogP contribution in [0, 0.1) is 3.95 Å². The van der Waals surface area contributed by atoms with Gasteiger partial charge in [0.05, 0.1) is 5.69 Å². The molecule has 8 heteroatoms. The van der Waals surface area contributed by atoms with E-state index in [-0.39, 0.29) is 0 Å². The Morgan fingerprint density at radius 2 is 1.70 bits per heavy atom. The van der Waals surface area contributed by atoms with Crippen molar-refractivity contribution in [3.05, 3.63) is 67.1 Å². The number of benzene rings is 2. The Kier molecular flexibility index (Phi) is 5.67. The SMILES string of the molecule is S=c1sc(SCc2c(Cl)cccc2Cl)nn1-c1ccc(Cl)cc1. The zero-order chi connectivity index (χ0) is 16.4. The first-order valence-corrected chi connectivity index (χ1v) is 9.81. The smallest absolute Gasteiger partial charge is 0.184 e. The van der Waals surface area contributed by atoms with Gasteiger partial charge in [0.15, 0.2) is 8.29 Å². The van der Waals surface area contributed by atoms with Crippen molar-refractivity contribution in [1.82, 2.24) is 9.78 Å². The van der Waals surface area contributed by atoms with E-state index in [0.29, 0.717) is 24.8 Å². The lowest BCUT2D eigenvalue weighted by atomic mass is 10.2. The Morgan fingerprint density at radius 1 is 1.04 bits per heavy atom. The lowest BCUT2D eigenvalue weighted by Crippen LogP contribution is -1.95.